The van der Waals surface area contributed by atoms with Crippen LogP contribution >= 0.6 is 0 Å². The second-order valence-corrected chi connectivity index (χ2v) is 8.54. The van der Waals surface area contributed by atoms with Gasteiger partial charge in [-0.05, 0) is 83.3 Å². The van der Waals surface area contributed by atoms with Crippen molar-refractivity contribution in [2.24, 2.45) is 7.05 Å². The van der Waals surface area contributed by atoms with Crippen LogP contribution in [0.25, 0.3) is 12.2 Å². The minimum absolute atomic E-state index is 0.00481. The van der Waals surface area contributed by atoms with E-state index in [1.165, 1.54) is 28.1 Å². The molecule has 2 heterocycles. The van der Waals surface area contributed by atoms with E-state index in [-0.39, 0.29) is 17.9 Å². The summed E-state index contributed by atoms with van der Waals surface area (Å²) in [5.41, 5.74) is 5.71. The van der Waals surface area contributed by atoms with Gasteiger partial charge in [0.2, 0.25) is 0 Å². The summed E-state index contributed by atoms with van der Waals surface area (Å²) in [4.78, 5) is 3.81. The topological polar surface area (TPSA) is 56.1 Å². The SMILES string of the molecule is COc1ccc2c(c1)CC(C)N(c1ccc(F)cc1)C2c1ccc(/C=C/c2nnn(C)n2)cc1. The number of fused-ring (bicyclic) bond motifs is 1. The van der Waals surface area contributed by atoms with Crippen LogP contribution in [0, 0.1) is 5.82 Å². The van der Waals surface area contributed by atoms with E-state index in [1.54, 1.807) is 14.2 Å². The minimum atomic E-state index is -0.233. The first-order chi connectivity index (χ1) is 16.5. The Kier molecular flexibility index (Phi) is 5.84. The lowest BCUT2D eigenvalue weighted by Crippen LogP contribution is -2.42. The first-order valence-corrected chi connectivity index (χ1v) is 11.2. The molecule has 5 rings (SSSR count). The summed E-state index contributed by atoms with van der Waals surface area (Å²) < 4.78 is 19.2. The maximum absolute atomic E-state index is 13.7. The van der Waals surface area contributed by atoms with Gasteiger partial charge in [-0.15, -0.1) is 10.2 Å². The molecule has 0 radical (unpaired) electrons. The first kappa shape index (κ1) is 21.8. The Morgan fingerprint density at radius 2 is 1.76 bits per heavy atom. The molecule has 34 heavy (non-hydrogen) atoms. The van der Waals surface area contributed by atoms with Crippen LogP contribution in [0.4, 0.5) is 10.1 Å². The third-order valence-electron chi connectivity index (χ3n) is 6.24. The summed E-state index contributed by atoms with van der Waals surface area (Å²) in [6, 6.07) is 21.8. The highest BCUT2D eigenvalue weighted by Gasteiger charge is 2.33. The van der Waals surface area contributed by atoms with Gasteiger partial charge in [-0.2, -0.15) is 4.80 Å². The van der Waals surface area contributed by atoms with Crippen LogP contribution in [-0.4, -0.2) is 33.4 Å². The van der Waals surface area contributed by atoms with Gasteiger partial charge in [0.1, 0.15) is 11.6 Å². The van der Waals surface area contributed by atoms with E-state index in [1.807, 2.05) is 30.4 Å². The summed E-state index contributed by atoms with van der Waals surface area (Å²) in [7, 11) is 3.43. The molecule has 1 aliphatic rings. The summed E-state index contributed by atoms with van der Waals surface area (Å²) in [5, 5.41) is 12.0. The van der Waals surface area contributed by atoms with Crippen LogP contribution in [0.5, 0.6) is 5.75 Å². The molecule has 6 nitrogen and oxygen atoms in total. The van der Waals surface area contributed by atoms with Gasteiger partial charge in [-0.1, -0.05) is 36.4 Å². The summed E-state index contributed by atoms with van der Waals surface area (Å²) in [5.74, 6) is 1.19. The van der Waals surface area contributed by atoms with Crippen molar-refractivity contribution in [2.75, 3.05) is 12.0 Å². The molecule has 2 atom stereocenters. The number of aromatic nitrogens is 4. The predicted molar refractivity (Wildman–Crippen MR) is 131 cm³/mol. The lowest BCUT2D eigenvalue weighted by Gasteiger charge is -2.44. The Morgan fingerprint density at radius 3 is 2.44 bits per heavy atom. The molecule has 0 amide bonds. The third-order valence-corrected chi connectivity index (χ3v) is 6.24. The quantitative estimate of drug-likeness (QED) is 0.421. The molecule has 172 valence electrons. The number of benzene rings is 3. The zero-order chi connectivity index (χ0) is 23.7. The number of aryl methyl sites for hydroxylation is 1. The number of ether oxygens (including phenoxy) is 1. The second-order valence-electron chi connectivity index (χ2n) is 8.54. The molecule has 7 heteroatoms. The molecule has 3 aromatic carbocycles. The van der Waals surface area contributed by atoms with Gasteiger partial charge < -0.3 is 9.64 Å². The van der Waals surface area contributed by atoms with Gasteiger partial charge >= 0.3 is 0 Å². The van der Waals surface area contributed by atoms with Gasteiger partial charge in [0.15, 0.2) is 5.82 Å². The van der Waals surface area contributed by atoms with Gasteiger partial charge in [-0.25, -0.2) is 4.39 Å². The van der Waals surface area contributed by atoms with E-state index >= 15 is 0 Å². The summed E-state index contributed by atoms with van der Waals surface area (Å²) in [6.07, 6.45) is 4.70. The number of nitrogens with zero attached hydrogens (tertiary/aromatic N) is 5. The molecule has 0 saturated heterocycles. The van der Waals surface area contributed by atoms with E-state index in [0.29, 0.717) is 5.82 Å². The fraction of sp³-hybridized carbons (Fsp3) is 0.222. The standard InChI is InChI=1S/C27H26FN5O/c1-18-16-21-17-24(34-3)13-14-25(21)27(33(18)23-11-9-22(28)10-12-23)20-7-4-19(5-8-20)6-15-26-29-31-32(2)30-26/h4-15,17-18,27H,16H2,1-3H3/b15-6+. The number of halogens is 1. The Balaban J connectivity index is 1.54. The Morgan fingerprint density at radius 1 is 1.00 bits per heavy atom. The number of anilines is 1. The number of hydrogen-bond acceptors (Lipinski definition) is 5. The lowest BCUT2D eigenvalue weighted by molar-refractivity contribution is 0.412. The van der Waals surface area contributed by atoms with E-state index in [9.17, 15) is 4.39 Å². The Labute approximate surface area is 198 Å². The van der Waals surface area contributed by atoms with Crippen LogP contribution in [0.3, 0.4) is 0 Å². The molecule has 0 aliphatic carbocycles. The summed E-state index contributed by atoms with van der Waals surface area (Å²) in [6.45, 7) is 2.21. The van der Waals surface area contributed by atoms with E-state index in [0.717, 1.165) is 29.0 Å². The number of rotatable bonds is 5. The van der Waals surface area contributed by atoms with Crippen molar-refractivity contribution in [3.8, 4) is 5.75 Å². The molecule has 0 fully saturated rings. The largest absolute Gasteiger partial charge is 0.497 e. The Hall–Kier alpha value is -4.00. The van der Waals surface area contributed by atoms with Crippen molar-refractivity contribution in [3.63, 3.8) is 0 Å². The molecule has 1 aliphatic heterocycles. The van der Waals surface area contributed by atoms with Gasteiger partial charge in [-0.3, -0.25) is 0 Å². The van der Waals surface area contributed by atoms with Gasteiger partial charge in [0.05, 0.1) is 20.2 Å². The number of hydrogen-bond donors (Lipinski definition) is 0. The smallest absolute Gasteiger partial charge is 0.197 e. The average Bonchev–Trinajstić information content (AvgIpc) is 3.27. The van der Waals surface area contributed by atoms with Crippen molar-refractivity contribution in [1.29, 1.82) is 0 Å². The minimum Gasteiger partial charge on any atom is -0.497 e. The van der Waals surface area contributed by atoms with Crippen molar-refractivity contribution in [2.45, 2.75) is 25.4 Å². The second kappa shape index (κ2) is 9.09. The van der Waals surface area contributed by atoms with Gasteiger partial charge in [0.25, 0.3) is 0 Å². The van der Waals surface area contributed by atoms with Crippen molar-refractivity contribution in [3.05, 3.63) is 101 Å². The number of tetrazole rings is 1. The maximum Gasteiger partial charge on any atom is 0.197 e. The summed E-state index contributed by atoms with van der Waals surface area (Å²) >= 11 is 0. The highest BCUT2D eigenvalue weighted by molar-refractivity contribution is 5.67. The molecule has 4 aromatic rings. The maximum atomic E-state index is 13.7. The normalized spacial score (nSPS) is 17.7. The van der Waals surface area contributed by atoms with Crippen LogP contribution in [0.2, 0.25) is 0 Å². The van der Waals surface area contributed by atoms with Crippen molar-refractivity contribution < 1.29 is 9.13 Å². The molecule has 0 N–H and O–H groups in total. The zero-order valence-electron chi connectivity index (χ0n) is 19.4. The third kappa shape index (κ3) is 4.29. The lowest BCUT2D eigenvalue weighted by atomic mass is 9.84. The van der Waals surface area contributed by atoms with Crippen LogP contribution in [0.15, 0.2) is 66.7 Å². The molecule has 2 unspecified atom stereocenters. The van der Waals surface area contributed by atoms with E-state index < -0.39 is 0 Å². The Bertz CT molecular complexity index is 1310. The molecular formula is C27H26FN5O. The fourth-order valence-corrected chi connectivity index (χ4v) is 4.66. The van der Waals surface area contributed by atoms with E-state index in [4.69, 9.17) is 4.74 Å². The molecule has 0 bridgehead atoms. The highest BCUT2D eigenvalue weighted by atomic mass is 19.1. The number of methoxy groups -OCH3 is 1. The van der Waals surface area contributed by atoms with Crippen LogP contribution < -0.4 is 9.64 Å². The molecular weight excluding hydrogens is 429 g/mol. The fourth-order valence-electron chi connectivity index (χ4n) is 4.66. The zero-order valence-corrected chi connectivity index (χ0v) is 19.4. The molecule has 1 aromatic heterocycles. The molecule has 0 saturated carbocycles. The average molecular weight is 456 g/mol. The van der Waals surface area contributed by atoms with E-state index in [2.05, 4.69) is 63.6 Å². The van der Waals surface area contributed by atoms with Gasteiger partial charge in [0, 0.05) is 11.7 Å². The van der Waals surface area contributed by atoms with Crippen LogP contribution in [-0.2, 0) is 13.5 Å². The highest BCUT2D eigenvalue weighted by Crippen LogP contribution is 2.42. The van der Waals surface area contributed by atoms with Crippen LogP contribution in [0.1, 0.15) is 41.0 Å². The van der Waals surface area contributed by atoms with Crippen molar-refractivity contribution >= 4 is 17.8 Å². The molecule has 0 spiro atoms. The van der Waals surface area contributed by atoms with Crippen molar-refractivity contribution in [1.82, 2.24) is 20.2 Å². The first-order valence-electron chi connectivity index (χ1n) is 11.2. The predicted octanol–water partition coefficient (Wildman–Crippen LogP) is 5.07. The monoisotopic (exact) mass is 455 g/mol.